The zero-order valence-corrected chi connectivity index (χ0v) is 15.5. The first-order valence-corrected chi connectivity index (χ1v) is 9.14. The van der Waals surface area contributed by atoms with Gasteiger partial charge in [-0.2, -0.15) is 0 Å². The maximum absolute atomic E-state index is 12.5. The molecule has 1 amide bonds. The van der Waals surface area contributed by atoms with Gasteiger partial charge in [-0.25, -0.2) is 9.97 Å². The number of aryl methyl sites for hydroxylation is 1. The van der Waals surface area contributed by atoms with E-state index in [1.54, 1.807) is 12.4 Å². The number of benzene rings is 1. The second-order valence-corrected chi connectivity index (χ2v) is 7.09. The maximum atomic E-state index is 12.5. The average Bonchev–Trinajstić information content (AvgIpc) is 2.68. The number of carbonyl (C=O) groups excluding carboxylic acids is 1. The Labute approximate surface area is 157 Å². The van der Waals surface area contributed by atoms with Gasteiger partial charge in [0.25, 0.3) is 0 Å². The molecule has 0 unspecified atom stereocenters. The molecule has 0 saturated carbocycles. The molecule has 1 aliphatic heterocycles. The summed E-state index contributed by atoms with van der Waals surface area (Å²) in [7, 11) is 2.08. The van der Waals surface area contributed by atoms with Gasteiger partial charge in [0.15, 0.2) is 5.82 Å². The van der Waals surface area contributed by atoms with Gasteiger partial charge in [0, 0.05) is 29.3 Å². The molecule has 3 heterocycles. The second-order valence-electron chi connectivity index (χ2n) is 7.09. The summed E-state index contributed by atoms with van der Waals surface area (Å²) in [6, 6.07) is 7.78. The number of aromatic nitrogens is 4. The highest BCUT2D eigenvalue weighted by Crippen LogP contribution is 2.24. The van der Waals surface area contributed by atoms with E-state index >= 15 is 0 Å². The zero-order valence-electron chi connectivity index (χ0n) is 15.5. The third-order valence-electron chi connectivity index (χ3n) is 5.04. The normalized spacial score (nSPS) is 15.8. The Balaban J connectivity index is 1.55. The molecule has 0 atom stereocenters. The van der Waals surface area contributed by atoms with Crippen LogP contribution < -0.4 is 5.32 Å². The van der Waals surface area contributed by atoms with Crippen LogP contribution >= 0.6 is 0 Å². The van der Waals surface area contributed by atoms with Crippen molar-refractivity contribution in [2.24, 2.45) is 5.92 Å². The van der Waals surface area contributed by atoms with Crippen molar-refractivity contribution < 1.29 is 4.79 Å². The van der Waals surface area contributed by atoms with E-state index in [2.05, 4.69) is 37.4 Å². The van der Waals surface area contributed by atoms with E-state index in [0.29, 0.717) is 5.82 Å². The number of nitrogens with zero attached hydrogens (tertiary/aromatic N) is 5. The highest BCUT2D eigenvalue weighted by atomic mass is 16.2. The van der Waals surface area contributed by atoms with Gasteiger partial charge in [0.1, 0.15) is 5.82 Å². The smallest absolute Gasteiger partial charge is 0.228 e. The molecule has 0 radical (unpaired) electrons. The number of fused-ring (bicyclic) bond motifs is 1. The van der Waals surface area contributed by atoms with E-state index in [-0.39, 0.29) is 11.8 Å². The highest BCUT2D eigenvalue weighted by molar-refractivity contribution is 5.94. The highest BCUT2D eigenvalue weighted by Gasteiger charge is 2.23. The zero-order chi connectivity index (χ0) is 18.8. The van der Waals surface area contributed by atoms with E-state index in [4.69, 9.17) is 0 Å². The number of hydrogen-bond acceptors (Lipinski definition) is 6. The van der Waals surface area contributed by atoms with E-state index in [1.165, 1.54) is 0 Å². The predicted molar refractivity (Wildman–Crippen MR) is 104 cm³/mol. The summed E-state index contributed by atoms with van der Waals surface area (Å²) in [5, 5.41) is 12.2. The van der Waals surface area contributed by atoms with Crippen molar-refractivity contribution in [1.82, 2.24) is 25.1 Å². The maximum Gasteiger partial charge on any atom is 0.228 e. The monoisotopic (exact) mass is 362 g/mol. The molecule has 2 aromatic heterocycles. The predicted octanol–water partition coefficient (Wildman–Crippen LogP) is 2.68. The number of rotatable bonds is 3. The minimum absolute atomic E-state index is 0.0276. The number of hydrogen-bond donors (Lipinski definition) is 1. The molecule has 7 nitrogen and oxygen atoms in total. The van der Waals surface area contributed by atoms with Crippen LogP contribution in [-0.2, 0) is 4.79 Å². The number of piperidine rings is 1. The lowest BCUT2D eigenvalue weighted by Gasteiger charge is -2.27. The molecular weight excluding hydrogens is 340 g/mol. The Kier molecular flexibility index (Phi) is 4.77. The molecule has 1 fully saturated rings. The molecule has 138 valence electrons. The Hall–Kier alpha value is -2.93. The molecular formula is C20H22N6O. The molecule has 0 spiro atoms. The van der Waals surface area contributed by atoms with Gasteiger partial charge < -0.3 is 10.2 Å². The first kappa shape index (κ1) is 17.5. The number of likely N-dealkylation sites (tertiary alicyclic amines) is 1. The van der Waals surface area contributed by atoms with Crippen LogP contribution in [0.3, 0.4) is 0 Å². The van der Waals surface area contributed by atoms with Gasteiger partial charge in [-0.05, 0) is 63.7 Å². The van der Waals surface area contributed by atoms with Crippen LogP contribution in [0.2, 0.25) is 0 Å². The standard InChI is InChI=1S/C20H22N6O/c1-13-21-11-17(12-22-13)15-3-4-18-16(9-15)10-19(25-24-18)23-20(27)14-5-7-26(2)8-6-14/h3-4,9-12,14H,5-8H2,1-2H3,(H,23,25,27). The molecule has 1 saturated heterocycles. The molecule has 0 aliphatic carbocycles. The second kappa shape index (κ2) is 7.36. The summed E-state index contributed by atoms with van der Waals surface area (Å²) in [5.41, 5.74) is 2.73. The molecule has 7 heteroatoms. The summed E-state index contributed by atoms with van der Waals surface area (Å²) in [5.74, 6) is 1.29. The van der Waals surface area contributed by atoms with E-state index in [0.717, 1.165) is 53.8 Å². The summed E-state index contributed by atoms with van der Waals surface area (Å²) in [4.78, 5) is 23.3. The van der Waals surface area contributed by atoms with Crippen molar-refractivity contribution in [2.45, 2.75) is 19.8 Å². The lowest BCUT2D eigenvalue weighted by atomic mass is 9.96. The molecule has 3 aromatic rings. The molecule has 0 bridgehead atoms. The fourth-order valence-electron chi connectivity index (χ4n) is 3.33. The number of amides is 1. The van der Waals surface area contributed by atoms with Gasteiger partial charge in [-0.3, -0.25) is 4.79 Å². The largest absolute Gasteiger partial charge is 0.309 e. The van der Waals surface area contributed by atoms with Crippen molar-refractivity contribution in [3.05, 3.63) is 42.5 Å². The van der Waals surface area contributed by atoms with E-state index < -0.39 is 0 Å². The number of anilines is 1. The minimum atomic E-state index is 0.0276. The Morgan fingerprint density at radius 3 is 2.56 bits per heavy atom. The van der Waals surface area contributed by atoms with Crippen molar-refractivity contribution in [2.75, 3.05) is 25.5 Å². The topological polar surface area (TPSA) is 83.9 Å². The molecule has 4 rings (SSSR count). The number of nitrogens with one attached hydrogen (secondary N) is 1. The average molecular weight is 362 g/mol. The van der Waals surface area contributed by atoms with Crippen LogP contribution in [0.4, 0.5) is 5.82 Å². The summed E-state index contributed by atoms with van der Waals surface area (Å²) >= 11 is 0. The lowest BCUT2D eigenvalue weighted by Crippen LogP contribution is -2.36. The van der Waals surface area contributed by atoms with Crippen molar-refractivity contribution >= 4 is 22.6 Å². The summed E-state index contributed by atoms with van der Waals surface area (Å²) < 4.78 is 0. The van der Waals surface area contributed by atoms with Gasteiger partial charge >= 0.3 is 0 Å². The van der Waals surface area contributed by atoms with E-state index in [1.807, 2.05) is 31.2 Å². The fraction of sp³-hybridized carbons (Fsp3) is 0.350. The summed E-state index contributed by atoms with van der Waals surface area (Å²) in [6.07, 6.45) is 5.36. The van der Waals surface area contributed by atoms with Crippen LogP contribution in [0.15, 0.2) is 36.7 Å². The van der Waals surface area contributed by atoms with E-state index in [9.17, 15) is 4.79 Å². The van der Waals surface area contributed by atoms with Crippen LogP contribution in [0.5, 0.6) is 0 Å². The molecule has 1 aromatic carbocycles. The van der Waals surface area contributed by atoms with Crippen molar-refractivity contribution in [3.8, 4) is 11.1 Å². The minimum Gasteiger partial charge on any atom is -0.309 e. The van der Waals surface area contributed by atoms with Gasteiger partial charge in [0.05, 0.1) is 5.52 Å². The molecule has 1 N–H and O–H groups in total. The third kappa shape index (κ3) is 3.93. The lowest BCUT2D eigenvalue weighted by molar-refractivity contribution is -0.121. The summed E-state index contributed by atoms with van der Waals surface area (Å²) in [6.45, 7) is 3.76. The van der Waals surface area contributed by atoms with Crippen LogP contribution in [0.1, 0.15) is 18.7 Å². The van der Waals surface area contributed by atoms with Crippen LogP contribution in [0, 0.1) is 12.8 Å². The van der Waals surface area contributed by atoms with Crippen molar-refractivity contribution in [3.63, 3.8) is 0 Å². The quantitative estimate of drug-likeness (QED) is 0.771. The SMILES string of the molecule is Cc1ncc(-c2ccc3nnc(NC(=O)C4CCN(C)CC4)cc3c2)cn1. The van der Waals surface area contributed by atoms with Crippen LogP contribution in [-0.4, -0.2) is 51.1 Å². The first-order chi connectivity index (χ1) is 13.1. The molecule has 1 aliphatic rings. The fourth-order valence-corrected chi connectivity index (χ4v) is 3.33. The van der Waals surface area contributed by atoms with Crippen molar-refractivity contribution in [1.29, 1.82) is 0 Å². The first-order valence-electron chi connectivity index (χ1n) is 9.14. The molecule has 27 heavy (non-hydrogen) atoms. The number of carbonyl (C=O) groups is 1. The Morgan fingerprint density at radius 1 is 1.07 bits per heavy atom. The van der Waals surface area contributed by atoms with Gasteiger partial charge in [-0.15, -0.1) is 10.2 Å². The van der Waals surface area contributed by atoms with Gasteiger partial charge in [-0.1, -0.05) is 6.07 Å². The third-order valence-corrected chi connectivity index (χ3v) is 5.04. The van der Waals surface area contributed by atoms with Crippen LogP contribution in [0.25, 0.3) is 22.0 Å². The van der Waals surface area contributed by atoms with Gasteiger partial charge in [0.2, 0.25) is 5.91 Å². The Bertz CT molecular complexity index is 964. The Morgan fingerprint density at radius 2 is 1.81 bits per heavy atom.